The van der Waals surface area contributed by atoms with Crippen molar-refractivity contribution in [1.82, 2.24) is 0 Å². The third-order valence-electron chi connectivity index (χ3n) is 4.65. The highest BCUT2D eigenvalue weighted by atomic mass is 35.5. The van der Waals surface area contributed by atoms with E-state index in [-0.39, 0.29) is 22.8 Å². The fourth-order valence-electron chi connectivity index (χ4n) is 3.16. The SMILES string of the molecule is CC1=C(C2CC2C)C(Cl)=Nc2ccc(C(F)(F)F)c(F)c2CC1. The van der Waals surface area contributed by atoms with E-state index in [1.54, 1.807) is 0 Å². The number of benzene rings is 1. The molecule has 0 N–H and O–H groups in total. The summed E-state index contributed by atoms with van der Waals surface area (Å²) in [5.74, 6) is -0.349. The van der Waals surface area contributed by atoms with E-state index >= 15 is 0 Å². The molecular weight excluding hydrogens is 330 g/mol. The van der Waals surface area contributed by atoms with E-state index in [1.165, 1.54) is 6.07 Å². The predicted octanol–water partition coefficient (Wildman–Crippen LogP) is 6.03. The molecule has 1 nitrogen and oxygen atoms in total. The van der Waals surface area contributed by atoms with Gasteiger partial charge < -0.3 is 0 Å². The zero-order valence-corrected chi connectivity index (χ0v) is 13.5. The minimum atomic E-state index is -4.71. The van der Waals surface area contributed by atoms with Crippen LogP contribution in [0.3, 0.4) is 0 Å². The van der Waals surface area contributed by atoms with Crippen molar-refractivity contribution in [3.05, 3.63) is 40.2 Å². The van der Waals surface area contributed by atoms with Gasteiger partial charge in [-0.05, 0) is 55.7 Å². The molecule has 2 aliphatic rings. The average molecular weight is 346 g/mol. The Morgan fingerprint density at radius 2 is 1.87 bits per heavy atom. The lowest BCUT2D eigenvalue weighted by atomic mass is 9.94. The van der Waals surface area contributed by atoms with Gasteiger partial charge in [0.2, 0.25) is 0 Å². The second kappa shape index (κ2) is 5.62. The lowest BCUT2D eigenvalue weighted by Gasteiger charge is -2.18. The summed E-state index contributed by atoms with van der Waals surface area (Å²) < 4.78 is 52.9. The third-order valence-corrected chi connectivity index (χ3v) is 4.94. The summed E-state index contributed by atoms with van der Waals surface area (Å²) >= 11 is 6.31. The largest absolute Gasteiger partial charge is 0.419 e. The Balaban J connectivity index is 2.08. The van der Waals surface area contributed by atoms with Crippen LogP contribution in [0, 0.1) is 17.7 Å². The lowest BCUT2D eigenvalue weighted by Crippen LogP contribution is -2.12. The minimum Gasteiger partial charge on any atom is -0.236 e. The third kappa shape index (κ3) is 3.03. The first-order chi connectivity index (χ1) is 10.7. The summed E-state index contributed by atoms with van der Waals surface area (Å²) in [5, 5.41) is 0.275. The maximum absolute atomic E-state index is 14.3. The topological polar surface area (TPSA) is 12.4 Å². The highest BCUT2D eigenvalue weighted by Crippen LogP contribution is 2.47. The number of aliphatic imine (C=N–C) groups is 1. The first-order valence-corrected chi connectivity index (χ1v) is 7.90. The van der Waals surface area contributed by atoms with Gasteiger partial charge in [-0.3, -0.25) is 0 Å². The van der Waals surface area contributed by atoms with Crippen LogP contribution in [0.5, 0.6) is 0 Å². The number of hydrogen-bond donors (Lipinski definition) is 0. The van der Waals surface area contributed by atoms with Crippen molar-refractivity contribution >= 4 is 22.5 Å². The molecule has 1 aliphatic carbocycles. The lowest BCUT2D eigenvalue weighted by molar-refractivity contribution is -0.140. The molecule has 0 bridgehead atoms. The van der Waals surface area contributed by atoms with Gasteiger partial charge in [0.1, 0.15) is 11.0 Å². The molecule has 2 unspecified atom stereocenters. The van der Waals surface area contributed by atoms with Crippen LogP contribution in [0.25, 0.3) is 0 Å². The summed E-state index contributed by atoms with van der Waals surface area (Å²) in [6.07, 6.45) is -3.01. The fraction of sp³-hybridized carbons (Fsp3) is 0.471. The maximum atomic E-state index is 14.3. The molecule has 3 rings (SSSR count). The average Bonchev–Trinajstić information content (AvgIpc) is 3.11. The van der Waals surface area contributed by atoms with Gasteiger partial charge in [-0.2, -0.15) is 13.2 Å². The first kappa shape index (κ1) is 16.5. The summed E-state index contributed by atoms with van der Waals surface area (Å²) in [6, 6.07) is 1.94. The summed E-state index contributed by atoms with van der Waals surface area (Å²) in [6.45, 7) is 4.02. The number of alkyl halides is 3. The van der Waals surface area contributed by atoms with E-state index in [0.717, 1.165) is 23.6 Å². The van der Waals surface area contributed by atoms with Crippen LogP contribution in [-0.2, 0) is 12.6 Å². The van der Waals surface area contributed by atoms with Crippen LogP contribution in [0.15, 0.2) is 28.3 Å². The van der Waals surface area contributed by atoms with Gasteiger partial charge in [-0.25, -0.2) is 9.38 Å². The van der Waals surface area contributed by atoms with Crippen molar-refractivity contribution in [3.8, 4) is 0 Å². The highest BCUT2D eigenvalue weighted by molar-refractivity contribution is 6.70. The number of hydrogen-bond acceptors (Lipinski definition) is 1. The monoisotopic (exact) mass is 345 g/mol. The number of fused-ring (bicyclic) bond motifs is 1. The molecule has 0 radical (unpaired) electrons. The van der Waals surface area contributed by atoms with Gasteiger partial charge in [0.25, 0.3) is 0 Å². The number of halogens is 5. The Kier molecular flexibility index (Phi) is 4.03. The van der Waals surface area contributed by atoms with Crippen LogP contribution in [0.2, 0.25) is 0 Å². The van der Waals surface area contributed by atoms with Crippen molar-refractivity contribution in [1.29, 1.82) is 0 Å². The van der Waals surface area contributed by atoms with Crippen molar-refractivity contribution < 1.29 is 17.6 Å². The molecule has 1 aliphatic heterocycles. The molecular formula is C17H16ClF4N. The van der Waals surface area contributed by atoms with Crippen LogP contribution < -0.4 is 0 Å². The van der Waals surface area contributed by atoms with Gasteiger partial charge in [0.05, 0.1) is 11.3 Å². The molecule has 0 amide bonds. The molecule has 1 saturated carbocycles. The molecule has 6 heteroatoms. The standard InChI is InChI=1S/C17H16ClF4N/c1-8-3-4-10-13(6-5-12(15(10)19)17(20,21)22)23-16(18)14(8)11-7-9(11)2/h5-6,9,11H,3-4,7H2,1-2H3. The molecule has 1 aromatic carbocycles. The van der Waals surface area contributed by atoms with Gasteiger partial charge in [-0.15, -0.1) is 0 Å². The van der Waals surface area contributed by atoms with Crippen molar-refractivity contribution in [2.75, 3.05) is 0 Å². The zero-order chi connectivity index (χ0) is 16.9. The highest BCUT2D eigenvalue weighted by Gasteiger charge is 2.39. The van der Waals surface area contributed by atoms with E-state index in [0.29, 0.717) is 18.3 Å². The quantitative estimate of drug-likeness (QED) is 0.551. The van der Waals surface area contributed by atoms with E-state index < -0.39 is 17.6 Å². The van der Waals surface area contributed by atoms with Crippen LogP contribution in [-0.4, -0.2) is 5.17 Å². The molecule has 0 spiro atoms. The summed E-state index contributed by atoms with van der Waals surface area (Å²) in [4.78, 5) is 4.23. The fourth-order valence-corrected chi connectivity index (χ4v) is 3.55. The normalized spacial score (nSPS) is 24.7. The van der Waals surface area contributed by atoms with Crippen LogP contribution >= 0.6 is 11.6 Å². The minimum absolute atomic E-state index is 0.0137. The van der Waals surface area contributed by atoms with E-state index in [4.69, 9.17) is 11.6 Å². The Morgan fingerprint density at radius 3 is 2.43 bits per heavy atom. The molecule has 1 fully saturated rings. The zero-order valence-electron chi connectivity index (χ0n) is 12.8. The summed E-state index contributed by atoms with van der Waals surface area (Å²) in [5.41, 5.74) is 0.889. The van der Waals surface area contributed by atoms with Crippen molar-refractivity contribution in [2.24, 2.45) is 16.8 Å². The van der Waals surface area contributed by atoms with Crippen molar-refractivity contribution in [3.63, 3.8) is 0 Å². The van der Waals surface area contributed by atoms with E-state index in [2.05, 4.69) is 11.9 Å². The molecule has 1 heterocycles. The van der Waals surface area contributed by atoms with Gasteiger partial charge in [0, 0.05) is 5.56 Å². The molecule has 2 atom stereocenters. The predicted molar refractivity (Wildman–Crippen MR) is 82.6 cm³/mol. The molecule has 0 saturated heterocycles. The number of rotatable bonds is 1. The second-order valence-corrected chi connectivity index (χ2v) is 6.70. The maximum Gasteiger partial charge on any atom is 0.419 e. The second-order valence-electron chi connectivity index (χ2n) is 6.34. The Morgan fingerprint density at radius 1 is 1.22 bits per heavy atom. The van der Waals surface area contributed by atoms with E-state index in [1.807, 2.05) is 6.92 Å². The smallest absolute Gasteiger partial charge is 0.236 e. The molecule has 0 aromatic heterocycles. The Hall–Kier alpha value is -1.36. The molecule has 23 heavy (non-hydrogen) atoms. The van der Waals surface area contributed by atoms with Crippen LogP contribution in [0.1, 0.15) is 37.8 Å². The molecule has 1 aromatic rings. The number of nitrogens with zero attached hydrogens (tertiary/aromatic N) is 1. The van der Waals surface area contributed by atoms with E-state index in [9.17, 15) is 17.6 Å². The molecule has 124 valence electrons. The van der Waals surface area contributed by atoms with Crippen molar-refractivity contribution in [2.45, 2.75) is 39.3 Å². The Labute approximate surface area is 137 Å². The Bertz CT molecular complexity index is 718. The number of allylic oxidation sites excluding steroid dienone is 2. The summed E-state index contributed by atoms with van der Waals surface area (Å²) in [7, 11) is 0. The van der Waals surface area contributed by atoms with Gasteiger partial charge >= 0.3 is 6.18 Å². The van der Waals surface area contributed by atoms with Crippen LogP contribution in [0.4, 0.5) is 23.2 Å². The van der Waals surface area contributed by atoms with Gasteiger partial charge in [0.15, 0.2) is 0 Å². The first-order valence-electron chi connectivity index (χ1n) is 7.53. The van der Waals surface area contributed by atoms with Gasteiger partial charge in [-0.1, -0.05) is 24.1 Å².